The topological polar surface area (TPSA) is 123 Å². The Kier molecular flexibility index (Phi) is 9.96. The number of carbonyl (C=O) groups is 2. The maximum atomic E-state index is 13.6. The fourth-order valence-electron chi connectivity index (χ4n) is 5.41. The van der Waals surface area contributed by atoms with Crippen LogP contribution >= 0.6 is 0 Å². The molecule has 3 heterocycles. The predicted octanol–water partition coefficient (Wildman–Crippen LogP) is 5.47. The number of nitrogens with zero attached hydrogens (tertiary/aromatic N) is 3. The zero-order chi connectivity index (χ0) is 31.6. The number of rotatable bonds is 9. The Morgan fingerprint density at radius 3 is 2.29 bits per heavy atom. The van der Waals surface area contributed by atoms with Crippen LogP contribution in [0.1, 0.15) is 71.2 Å². The third-order valence-corrected chi connectivity index (χ3v) is 6.91. The summed E-state index contributed by atoms with van der Waals surface area (Å²) in [6.45, 7) is 12.3. The zero-order valence-corrected chi connectivity index (χ0v) is 25.0. The molecule has 1 saturated heterocycles. The third kappa shape index (κ3) is 7.23. The second-order valence-corrected chi connectivity index (χ2v) is 11.8. The highest BCUT2D eigenvalue weighted by Crippen LogP contribution is 2.50. The van der Waals surface area contributed by atoms with Crippen molar-refractivity contribution >= 4 is 12.1 Å². The minimum absolute atomic E-state index is 0.0200. The summed E-state index contributed by atoms with van der Waals surface area (Å²) in [7, 11) is 1.30. The van der Waals surface area contributed by atoms with Crippen molar-refractivity contribution < 1.29 is 42.1 Å². The Morgan fingerprint density at radius 1 is 1.10 bits per heavy atom. The first-order chi connectivity index (χ1) is 19.5. The Labute approximate surface area is 243 Å². The largest absolute Gasteiger partial charge is 0.481 e. The number of likely N-dealkylation sites (tertiary alicyclic amines) is 1. The Bertz CT molecular complexity index is 1260. The van der Waals surface area contributed by atoms with Gasteiger partial charge in [-0.15, -0.1) is 0 Å². The van der Waals surface area contributed by atoms with E-state index in [9.17, 15) is 27.9 Å². The number of hydrogen-bond acceptors (Lipinski definition) is 8. The highest BCUT2D eigenvalue weighted by Gasteiger charge is 2.59. The van der Waals surface area contributed by atoms with Gasteiger partial charge in [-0.25, -0.2) is 19.6 Å². The SMILES string of the molecule is COc1ncc(C(F)(F)F)cc1CN[C@H]1[C@H](C(C)(C)C)[C@@H](C(=O)O)N(C(=O)OC(C)C)[C@H]1c1cccnc1OC(C)C. The fourth-order valence-corrected chi connectivity index (χ4v) is 5.41. The van der Waals surface area contributed by atoms with Gasteiger partial charge in [-0.2, -0.15) is 13.2 Å². The normalized spacial score (nSPS) is 21.1. The van der Waals surface area contributed by atoms with E-state index in [1.54, 1.807) is 39.8 Å². The number of carboxylic acid groups (broad SMARTS) is 1. The van der Waals surface area contributed by atoms with Crippen LogP contribution in [0.3, 0.4) is 0 Å². The monoisotopic (exact) mass is 596 g/mol. The molecule has 4 atom stereocenters. The Balaban J connectivity index is 2.24. The van der Waals surface area contributed by atoms with Crippen LogP contribution in [0.15, 0.2) is 30.6 Å². The summed E-state index contributed by atoms with van der Waals surface area (Å²) in [5, 5.41) is 13.8. The van der Waals surface area contributed by atoms with E-state index in [0.717, 1.165) is 6.07 Å². The van der Waals surface area contributed by atoms with Gasteiger partial charge >= 0.3 is 18.2 Å². The van der Waals surface area contributed by atoms with Crippen molar-refractivity contribution in [3.63, 3.8) is 0 Å². The van der Waals surface area contributed by atoms with E-state index in [-0.39, 0.29) is 30.0 Å². The molecular weight excluding hydrogens is 557 g/mol. The maximum Gasteiger partial charge on any atom is 0.417 e. The average Bonchev–Trinajstić information content (AvgIpc) is 3.22. The first-order valence-corrected chi connectivity index (χ1v) is 13.6. The van der Waals surface area contributed by atoms with Crippen LogP contribution < -0.4 is 14.8 Å². The van der Waals surface area contributed by atoms with Crippen LogP contribution in [-0.4, -0.2) is 63.4 Å². The molecule has 0 bridgehead atoms. The van der Waals surface area contributed by atoms with E-state index >= 15 is 0 Å². The summed E-state index contributed by atoms with van der Waals surface area (Å²) in [4.78, 5) is 35.9. The molecular formula is C29H39F3N4O6. The lowest BCUT2D eigenvalue weighted by Gasteiger charge is -2.35. The predicted molar refractivity (Wildman–Crippen MR) is 147 cm³/mol. The molecule has 42 heavy (non-hydrogen) atoms. The van der Waals surface area contributed by atoms with Gasteiger partial charge in [0.25, 0.3) is 0 Å². The lowest BCUT2D eigenvalue weighted by Crippen LogP contribution is -2.48. The number of nitrogens with one attached hydrogen (secondary N) is 1. The van der Waals surface area contributed by atoms with Gasteiger partial charge in [0.1, 0.15) is 6.04 Å². The summed E-state index contributed by atoms with van der Waals surface area (Å²) in [5.74, 6) is -1.81. The quantitative estimate of drug-likeness (QED) is 0.388. The van der Waals surface area contributed by atoms with Crippen molar-refractivity contribution in [2.75, 3.05) is 7.11 Å². The molecule has 0 radical (unpaired) electrons. The second kappa shape index (κ2) is 12.7. The number of hydrogen-bond donors (Lipinski definition) is 2. The van der Waals surface area contributed by atoms with E-state index in [4.69, 9.17) is 14.2 Å². The van der Waals surface area contributed by atoms with Gasteiger partial charge in [0.15, 0.2) is 0 Å². The van der Waals surface area contributed by atoms with Gasteiger partial charge < -0.3 is 24.6 Å². The van der Waals surface area contributed by atoms with Crippen LogP contribution in [0.4, 0.5) is 18.0 Å². The number of carboxylic acids is 1. The van der Waals surface area contributed by atoms with Crippen molar-refractivity contribution in [1.29, 1.82) is 0 Å². The van der Waals surface area contributed by atoms with Gasteiger partial charge in [0.05, 0.1) is 30.9 Å². The number of aromatic nitrogens is 2. The molecule has 232 valence electrons. The van der Waals surface area contributed by atoms with Gasteiger partial charge in [-0.05, 0) is 51.3 Å². The number of ether oxygens (including phenoxy) is 3. The molecule has 1 aliphatic heterocycles. The number of amides is 1. The van der Waals surface area contributed by atoms with Crippen molar-refractivity contribution in [2.24, 2.45) is 11.3 Å². The van der Waals surface area contributed by atoms with E-state index in [2.05, 4.69) is 15.3 Å². The number of pyridine rings is 2. The summed E-state index contributed by atoms with van der Waals surface area (Å²) < 4.78 is 57.3. The van der Waals surface area contributed by atoms with Gasteiger partial charge in [0.2, 0.25) is 11.8 Å². The number of carbonyl (C=O) groups excluding carboxylic acids is 1. The molecule has 1 amide bonds. The van der Waals surface area contributed by atoms with E-state index in [0.29, 0.717) is 11.8 Å². The molecule has 2 aromatic rings. The van der Waals surface area contributed by atoms with Crippen molar-refractivity contribution in [1.82, 2.24) is 20.2 Å². The van der Waals surface area contributed by atoms with Crippen LogP contribution in [0.25, 0.3) is 0 Å². The second-order valence-electron chi connectivity index (χ2n) is 11.8. The molecule has 0 saturated carbocycles. The van der Waals surface area contributed by atoms with Crippen molar-refractivity contribution in [3.05, 3.63) is 47.3 Å². The van der Waals surface area contributed by atoms with Gasteiger partial charge in [0, 0.05) is 42.0 Å². The van der Waals surface area contributed by atoms with Crippen molar-refractivity contribution in [2.45, 2.75) is 91.5 Å². The summed E-state index contributed by atoms with van der Waals surface area (Å²) >= 11 is 0. The molecule has 3 rings (SSSR count). The third-order valence-electron chi connectivity index (χ3n) is 6.91. The summed E-state index contributed by atoms with van der Waals surface area (Å²) in [6, 6.07) is 1.14. The first-order valence-electron chi connectivity index (χ1n) is 13.6. The highest BCUT2D eigenvalue weighted by molar-refractivity contribution is 5.82. The molecule has 0 unspecified atom stereocenters. The van der Waals surface area contributed by atoms with Crippen LogP contribution in [0, 0.1) is 11.3 Å². The molecule has 0 aliphatic carbocycles. The molecule has 0 aromatic carbocycles. The molecule has 1 fully saturated rings. The zero-order valence-electron chi connectivity index (χ0n) is 25.0. The summed E-state index contributed by atoms with van der Waals surface area (Å²) in [5.41, 5.74) is -1.13. The molecule has 0 spiro atoms. The smallest absolute Gasteiger partial charge is 0.417 e. The molecule has 2 N–H and O–H groups in total. The van der Waals surface area contributed by atoms with E-state index < -0.39 is 59.4 Å². The number of methoxy groups -OCH3 is 1. The fraction of sp³-hybridized carbons (Fsp3) is 0.586. The number of aliphatic carboxylic acids is 1. The van der Waals surface area contributed by atoms with Crippen LogP contribution in [-0.2, 0) is 22.3 Å². The molecule has 13 heteroatoms. The van der Waals surface area contributed by atoms with Crippen LogP contribution in [0.5, 0.6) is 11.8 Å². The number of halogens is 3. The van der Waals surface area contributed by atoms with E-state index in [1.807, 2.05) is 20.8 Å². The van der Waals surface area contributed by atoms with Gasteiger partial charge in [-0.3, -0.25) is 4.90 Å². The van der Waals surface area contributed by atoms with Crippen molar-refractivity contribution in [3.8, 4) is 11.8 Å². The highest BCUT2D eigenvalue weighted by atomic mass is 19.4. The molecule has 1 aliphatic rings. The minimum Gasteiger partial charge on any atom is -0.481 e. The van der Waals surface area contributed by atoms with E-state index in [1.165, 1.54) is 18.2 Å². The first kappa shape index (κ1) is 32.9. The Hall–Kier alpha value is -3.61. The Morgan fingerprint density at radius 2 is 1.76 bits per heavy atom. The lowest BCUT2D eigenvalue weighted by molar-refractivity contribution is -0.145. The number of alkyl halides is 3. The lowest BCUT2D eigenvalue weighted by atomic mass is 9.72. The van der Waals surface area contributed by atoms with Gasteiger partial charge in [-0.1, -0.05) is 20.8 Å². The average molecular weight is 597 g/mol. The molecule has 2 aromatic heterocycles. The molecule has 10 nitrogen and oxygen atoms in total. The maximum absolute atomic E-state index is 13.6. The van der Waals surface area contributed by atoms with Crippen LogP contribution in [0.2, 0.25) is 0 Å². The summed E-state index contributed by atoms with van der Waals surface area (Å²) in [6.07, 6.45) is -4.12. The minimum atomic E-state index is -4.64. The standard InChI is InChI=1S/C29H39F3N4O6/c1-15(2)41-25-19(10-9-11-33-25)22-21(34-13-17-12-18(29(30,31)32)14-35-24(17)40-8)20(28(5,6)7)23(26(37)38)36(22)27(39)42-16(3)4/h9-12,14-16,20-23,34H,13H2,1-8H3,(H,37,38)/t20-,21-,22-,23-/m0/s1.